The molecule has 0 atom stereocenters. The van der Waals surface area contributed by atoms with Gasteiger partial charge in [0, 0.05) is 18.0 Å². The minimum absolute atomic E-state index is 0.0147. The number of aromatic nitrogens is 2. The summed E-state index contributed by atoms with van der Waals surface area (Å²) in [6.45, 7) is 3.32. The van der Waals surface area contributed by atoms with E-state index in [1.54, 1.807) is 24.3 Å². The third-order valence-corrected chi connectivity index (χ3v) is 5.53. The van der Waals surface area contributed by atoms with E-state index in [4.69, 9.17) is 0 Å². The van der Waals surface area contributed by atoms with E-state index < -0.39 is 10.8 Å². The van der Waals surface area contributed by atoms with Gasteiger partial charge in [-0.1, -0.05) is 30.3 Å². The van der Waals surface area contributed by atoms with E-state index in [-0.39, 0.29) is 23.4 Å². The first-order valence-corrected chi connectivity index (χ1v) is 10.3. The number of para-hydroxylation sites is 1. The Bertz CT molecular complexity index is 1180. The first-order valence-electron chi connectivity index (χ1n) is 10.3. The van der Waals surface area contributed by atoms with Crippen molar-refractivity contribution in [3.8, 4) is 0 Å². The SMILES string of the molecule is O=C(NCc1nn(CCN2CCCC2)c(=O)c2ccccc12)c1ccccc1[N+](=O)[O-]. The Morgan fingerprint density at radius 2 is 1.71 bits per heavy atom. The number of hydrogen-bond acceptors (Lipinski definition) is 6. The van der Waals surface area contributed by atoms with E-state index in [9.17, 15) is 19.7 Å². The molecule has 9 heteroatoms. The van der Waals surface area contributed by atoms with Crippen LogP contribution in [0.3, 0.4) is 0 Å². The molecule has 0 aliphatic carbocycles. The Morgan fingerprint density at radius 1 is 1.03 bits per heavy atom. The summed E-state index contributed by atoms with van der Waals surface area (Å²) in [5.41, 5.74) is 0.111. The zero-order chi connectivity index (χ0) is 21.8. The molecule has 3 aromatic rings. The Labute approximate surface area is 178 Å². The van der Waals surface area contributed by atoms with E-state index in [0.717, 1.165) is 19.6 Å². The van der Waals surface area contributed by atoms with E-state index >= 15 is 0 Å². The lowest BCUT2D eigenvalue weighted by Crippen LogP contribution is -2.32. The van der Waals surface area contributed by atoms with Crippen molar-refractivity contribution >= 4 is 22.4 Å². The highest BCUT2D eigenvalue weighted by Gasteiger charge is 2.20. The number of carbonyl (C=O) groups excluding carboxylic acids is 1. The Hall–Kier alpha value is -3.59. The molecule has 1 aliphatic rings. The molecule has 0 saturated carbocycles. The summed E-state index contributed by atoms with van der Waals surface area (Å²) in [5, 5.41) is 19.6. The van der Waals surface area contributed by atoms with Crippen LogP contribution in [0, 0.1) is 10.1 Å². The molecule has 31 heavy (non-hydrogen) atoms. The van der Waals surface area contributed by atoms with Crippen molar-refractivity contribution < 1.29 is 9.72 Å². The van der Waals surface area contributed by atoms with Gasteiger partial charge in [-0.05, 0) is 38.1 Å². The Morgan fingerprint density at radius 3 is 2.45 bits per heavy atom. The van der Waals surface area contributed by atoms with Gasteiger partial charge in [-0.15, -0.1) is 0 Å². The molecule has 160 valence electrons. The average molecular weight is 421 g/mol. The van der Waals surface area contributed by atoms with Gasteiger partial charge in [0.2, 0.25) is 0 Å². The summed E-state index contributed by atoms with van der Waals surface area (Å²) >= 11 is 0. The van der Waals surface area contributed by atoms with Crippen LogP contribution in [0.15, 0.2) is 53.3 Å². The van der Waals surface area contributed by atoms with Crippen LogP contribution in [0.4, 0.5) is 5.69 Å². The average Bonchev–Trinajstić information content (AvgIpc) is 3.31. The van der Waals surface area contributed by atoms with E-state index in [0.29, 0.717) is 23.0 Å². The zero-order valence-electron chi connectivity index (χ0n) is 17.0. The number of nitrogens with zero attached hydrogens (tertiary/aromatic N) is 4. The molecule has 1 saturated heterocycles. The van der Waals surface area contributed by atoms with Gasteiger partial charge in [-0.25, -0.2) is 4.68 Å². The van der Waals surface area contributed by atoms with Crippen LogP contribution in [0.2, 0.25) is 0 Å². The monoisotopic (exact) mass is 421 g/mol. The van der Waals surface area contributed by atoms with Crippen LogP contribution in [-0.2, 0) is 13.1 Å². The number of benzene rings is 2. The van der Waals surface area contributed by atoms with Gasteiger partial charge < -0.3 is 10.2 Å². The Balaban J connectivity index is 1.59. The zero-order valence-corrected chi connectivity index (χ0v) is 17.0. The summed E-state index contributed by atoms with van der Waals surface area (Å²) in [4.78, 5) is 38.4. The predicted molar refractivity (Wildman–Crippen MR) is 116 cm³/mol. The normalized spacial score (nSPS) is 14.1. The second-order valence-electron chi connectivity index (χ2n) is 7.53. The molecule has 0 spiro atoms. The van der Waals surface area contributed by atoms with Crippen molar-refractivity contribution in [2.45, 2.75) is 25.9 Å². The van der Waals surface area contributed by atoms with Crippen molar-refractivity contribution in [1.82, 2.24) is 20.0 Å². The number of nitro groups is 1. The van der Waals surface area contributed by atoms with E-state index in [1.807, 2.05) is 6.07 Å². The summed E-state index contributed by atoms with van der Waals surface area (Å²) in [6.07, 6.45) is 2.34. The standard InChI is InChI=1S/C22H23N5O4/c28-21(18-9-3-4-10-20(18)27(30)31)23-15-19-16-7-1-2-8-17(16)22(29)26(24-19)14-13-25-11-5-6-12-25/h1-4,7-10H,5-6,11-15H2,(H,23,28). The van der Waals surface area contributed by atoms with Gasteiger partial charge in [-0.3, -0.25) is 19.7 Å². The highest BCUT2D eigenvalue weighted by atomic mass is 16.6. The molecular weight excluding hydrogens is 398 g/mol. The molecule has 0 bridgehead atoms. The van der Waals surface area contributed by atoms with Crippen LogP contribution < -0.4 is 10.9 Å². The largest absolute Gasteiger partial charge is 0.346 e. The van der Waals surface area contributed by atoms with Gasteiger partial charge in [0.05, 0.1) is 29.1 Å². The summed E-state index contributed by atoms with van der Waals surface area (Å²) in [5.74, 6) is -0.562. The summed E-state index contributed by atoms with van der Waals surface area (Å²) in [6, 6.07) is 12.9. The van der Waals surface area contributed by atoms with Crippen molar-refractivity contribution in [3.05, 3.63) is 80.3 Å². The first-order chi connectivity index (χ1) is 15.0. The number of hydrogen-bond donors (Lipinski definition) is 1. The molecule has 1 aromatic heterocycles. The van der Waals surface area contributed by atoms with Crippen LogP contribution in [0.1, 0.15) is 28.9 Å². The second kappa shape index (κ2) is 9.05. The van der Waals surface area contributed by atoms with Gasteiger partial charge >= 0.3 is 0 Å². The molecule has 2 heterocycles. The maximum atomic E-state index is 12.9. The summed E-state index contributed by atoms with van der Waals surface area (Å²) in [7, 11) is 0. The van der Waals surface area contributed by atoms with Crippen LogP contribution in [0.5, 0.6) is 0 Å². The van der Waals surface area contributed by atoms with Crippen molar-refractivity contribution in [2.75, 3.05) is 19.6 Å². The summed E-state index contributed by atoms with van der Waals surface area (Å²) < 4.78 is 1.45. The minimum Gasteiger partial charge on any atom is -0.346 e. The molecule has 1 fully saturated rings. The van der Waals surface area contributed by atoms with Crippen molar-refractivity contribution in [1.29, 1.82) is 0 Å². The lowest BCUT2D eigenvalue weighted by Gasteiger charge is -2.16. The molecule has 1 aliphatic heterocycles. The van der Waals surface area contributed by atoms with Gasteiger partial charge in [0.1, 0.15) is 5.56 Å². The second-order valence-corrected chi connectivity index (χ2v) is 7.53. The maximum Gasteiger partial charge on any atom is 0.282 e. The number of rotatable bonds is 7. The van der Waals surface area contributed by atoms with Crippen LogP contribution >= 0.6 is 0 Å². The van der Waals surface area contributed by atoms with Gasteiger partial charge in [-0.2, -0.15) is 5.10 Å². The van der Waals surface area contributed by atoms with Crippen molar-refractivity contribution in [2.24, 2.45) is 0 Å². The fourth-order valence-electron chi connectivity index (χ4n) is 3.91. The fourth-order valence-corrected chi connectivity index (χ4v) is 3.91. The molecule has 0 radical (unpaired) electrons. The molecule has 1 N–H and O–H groups in total. The van der Waals surface area contributed by atoms with Gasteiger partial charge in [0.25, 0.3) is 17.2 Å². The number of nitrogens with one attached hydrogen (secondary N) is 1. The molecule has 2 aromatic carbocycles. The highest BCUT2D eigenvalue weighted by molar-refractivity contribution is 5.98. The number of likely N-dealkylation sites (tertiary alicyclic amines) is 1. The van der Waals surface area contributed by atoms with Crippen LogP contribution in [0.25, 0.3) is 10.8 Å². The third-order valence-electron chi connectivity index (χ3n) is 5.53. The Kier molecular flexibility index (Phi) is 6.03. The first kappa shape index (κ1) is 20.7. The molecular formula is C22H23N5O4. The molecule has 4 rings (SSSR count). The minimum atomic E-state index is -0.582. The quantitative estimate of drug-likeness (QED) is 0.463. The lowest BCUT2D eigenvalue weighted by molar-refractivity contribution is -0.385. The van der Waals surface area contributed by atoms with Gasteiger partial charge in [0.15, 0.2) is 0 Å². The van der Waals surface area contributed by atoms with Crippen molar-refractivity contribution in [3.63, 3.8) is 0 Å². The lowest BCUT2D eigenvalue weighted by atomic mass is 10.1. The van der Waals surface area contributed by atoms with Crippen LogP contribution in [-0.4, -0.2) is 45.1 Å². The highest BCUT2D eigenvalue weighted by Crippen LogP contribution is 2.18. The number of fused-ring (bicyclic) bond motifs is 1. The number of carbonyl (C=O) groups is 1. The molecule has 9 nitrogen and oxygen atoms in total. The maximum absolute atomic E-state index is 12.9. The number of amides is 1. The predicted octanol–water partition coefficient (Wildman–Crippen LogP) is 2.33. The van der Waals surface area contributed by atoms with E-state index in [2.05, 4.69) is 15.3 Å². The molecule has 0 unspecified atom stereocenters. The number of nitro benzene ring substituents is 1. The third kappa shape index (κ3) is 4.46. The fraction of sp³-hybridized carbons (Fsp3) is 0.318. The topological polar surface area (TPSA) is 110 Å². The van der Waals surface area contributed by atoms with E-state index in [1.165, 1.54) is 35.7 Å². The smallest absolute Gasteiger partial charge is 0.282 e. The molecule has 1 amide bonds.